The molecule has 0 atom stereocenters. The summed E-state index contributed by atoms with van der Waals surface area (Å²) in [4.78, 5) is 16.4. The van der Waals surface area contributed by atoms with Crippen LogP contribution in [-0.4, -0.2) is 20.6 Å². The molecule has 4 nitrogen and oxygen atoms in total. The van der Waals surface area contributed by atoms with Crippen molar-refractivity contribution in [3.8, 4) is 11.1 Å². The molecule has 4 heteroatoms. The number of fused-ring (bicyclic) bond motifs is 1. The van der Waals surface area contributed by atoms with E-state index < -0.39 is 5.97 Å². The molecule has 2 aromatic carbocycles. The normalized spacial score (nSPS) is 13.7. The van der Waals surface area contributed by atoms with Gasteiger partial charge in [0.1, 0.15) is 0 Å². The topological polar surface area (TPSA) is 55.1 Å². The Kier molecular flexibility index (Phi) is 4.43. The minimum atomic E-state index is -0.902. The lowest BCUT2D eigenvalue weighted by Crippen LogP contribution is -2.07. The molecule has 2 aromatic heterocycles. The Labute approximate surface area is 175 Å². The fourth-order valence-corrected chi connectivity index (χ4v) is 4.18. The van der Waals surface area contributed by atoms with E-state index >= 15 is 0 Å². The van der Waals surface area contributed by atoms with Crippen LogP contribution < -0.4 is 0 Å². The summed E-state index contributed by atoms with van der Waals surface area (Å²) in [5.74, 6) is -0.413. The van der Waals surface area contributed by atoms with Gasteiger partial charge in [0.2, 0.25) is 0 Å². The molecule has 5 rings (SSSR count). The first-order valence-electron chi connectivity index (χ1n) is 10.4. The number of carbonyl (C=O) groups is 1. The Bertz CT molecular complexity index is 1260. The highest BCUT2D eigenvalue weighted by molar-refractivity contribution is 5.96. The fraction of sp³-hybridized carbons (Fsp3) is 0.231. The van der Waals surface area contributed by atoms with E-state index in [0.717, 1.165) is 29.5 Å². The summed E-state index contributed by atoms with van der Waals surface area (Å²) in [6, 6.07) is 16.7. The third-order valence-electron chi connectivity index (χ3n) is 6.06. The fourth-order valence-electron chi connectivity index (χ4n) is 4.18. The first-order chi connectivity index (χ1) is 14.5. The highest BCUT2D eigenvalue weighted by Crippen LogP contribution is 2.40. The van der Waals surface area contributed by atoms with E-state index in [2.05, 4.69) is 72.2 Å². The number of hydrogen-bond acceptors (Lipinski definition) is 2. The average Bonchev–Trinajstić information content (AvgIpc) is 3.53. The summed E-state index contributed by atoms with van der Waals surface area (Å²) in [5, 5.41) is 10.9. The van der Waals surface area contributed by atoms with Crippen molar-refractivity contribution in [3.05, 3.63) is 88.9 Å². The summed E-state index contributed by atoms with van der Waals surface area (Å²) in [5.41, 5.74) is 7.83. The molecule has 1 aliphatic carbocycles. The van der Waals surface area contributed by atoms with Crippen LogP contribution in [0.3, 0.4) is 0 Å². The van der Waals surface area contributed by atoms with Gasteiger partial charge in [-0.25, -0.2) is 4.79 Å². The molecule has 0 spiro atoms. The molecule has 0 unspecified atom stereocenters. The second kappa shape index (κ2) is 7.13. The van der Waals surface area contributed by atoms with Crippen LogP contribution >= 0.6 is 0 Å². The molecular formula is C26H24N2O2. The molecule has 1 fully saturated rings. The number of hydrogen-bond donors (Lipinski definition) is 1. The Morgan fingerprint density at radius 1 is 1.13 bits per heavy atom. The number of pyridine rings is 1. The zero-order valence-corrected chi connectivity index (χ0v) is 17.2. The van der Waals surface area contributed by atoms with Crippen molar-refractivity contribution < 1.29 is 9.90 Å². The lowest BCUT2D eigenvalue weighted by atomic mass is 9.99. The monoisotopic (exact) mass is 396 g/mol. The molecule has 0 radical (unpaired) electrons. The highest BCUT2D eigenvalue weighted by Gasteiger charge is 2.26. The second-order valence-corrected chi connectivity index (χ2v) is 8.39. The van der Waals surface area contributed by atoms with Gasteiger partial charge >= 0.3 is 5.97 Å². The van der Waals surface area contributed by atoms with Gasteiger partial charge in [-0.3, -0.25) is 4.98 Å². The highest BCUT2D eigenvalue weighted by atomic mass is 16.4. The summed E-state index contributed by atoms with van der Waals surface area (Å²) < 4.78 is 2.14. The number of benzene rings is 2. The first-order valence-corrected chi connectivity index (χ1v) is 10.4. The van der Waals surface area contributed by atoms with Gasteiger partial charge in [0.05, 0.1) is 11.3 Å². The van der Waals surface area contributed by atoms with Crippen molar-refractivity contribution in [2.75, 3.05) is 0 Å². The van der Waals surface area contributed by atoms with Crippen molar-refractivity contribution in [1.82, 2.24) is 9.55 Å². The summed E-state index contributed by atoms with van der Waals surface area (Å²) >= 11 is 0. The smallest absolute Gasteiger partial charge is 0.337 e. The number of nitrogens with zero attached hydrogens (tertiary/aromatic N) is 2. The largest absolute Gasteiger partial charge is 0.478 e. The minimum Gasteiger partial charge on any atom is -0.478 e. The number of aromatic carboxylic acids is 1. The van der Waals surface area contributed by atoms with E-state index in [1.165, 1.54) is 22.1 Å². The summed E-state index contributed by atoms with van der Waals surface area (Å²) in [6.07, 6.45) is 6.78. The quantitative estimate of drug-likeness (QED) is 0.470. The van der Waals surface area contributed by atoms with Crippen molar-refractivity contribution in [2.24, 2.45) is 7.05 Å². The SMILES string of the molecule is Cc1ccc(-c2cn(C)c3ccc(Cc4ncc(C5CC5)cc4C(=O)O)cc23)cc1. The molecule has 4 aromatic rings. The molecule has 0 bridgehead atoms. The van der Waals surface area contributed by atoms with Crippen LogP contribution in [0.25, 0.3) is 22.0 Å². The zero-order valence-electron chi connectivity index (χ0n) is 17.2. The Hall–Kier alpha value is -3.40. The maximum atomic E-state index is 11.8. The average molecular weight is 396 g/mol. The van der Waals surface area contributed by atoms with Crippen molar-refractivity contribution in [2.45, 2.75) is 32.1 Å². The van der Waals surface area contributed by atoms with E-state index in [0.29, 0.717) is 23.6 Å². The molecule has 1 N–H and O–H groups in total. The van der Waals surface area contributed by atoms with E-state index in [9.17, 15) is 9.90 Å². The van der Waals surface area contributed by atoms with E-state index in [-0.39, 0.29) is 0 Å². The zero-order chi connectivity index (χ0) is 20.8. The Morgan fingerprint density at radius 3 is 2.60 bits per heavy atom. The molecule has 1 aliphatic rings. The molecule has 0 aliphatic heterocycles. The number of aromatic nitrogens is 2. The van der Waals surface area contributed by atoms with Gasteiger partial charge in [0, 0.05) is 42.3 Å². The van der Waals surface area contributed by atoms with Gasteiger partial charge < -0.3 is 9.67 Å². The molecule has 0 saturated heterocycles. The lowest BCUT2D eigenvalue weighted by molar-refractivity contribution is 0.0695. The maximum Gasteiger partial charge on any atom is 0.337 e. The number of aryl methyl sites for hydroxylation is 2. The van der Waals surface area contributed by atoms with Gasteiger partial charge in [0.15, 0.2) is 0 Å². The number of carboxylic acids is 1. The van der Waals surface area contributed by atoms with Crippen LogP contribution in [0.4, 0.5) is 0 Å². The van der Waals surface area contributed by atoms with Gasteiger partial charge in [0.25, 0.3) is 0 Å². The summed E-state index contributed by atoms with van der Waals surface area (Å²) in [7, 11) is 2.06. The Morgan fingerprint density at radius 2 is 1.90 bits per heavy atom. The van der Waals surface area contributed by atoms with Crippen molar-refractivity contribution in [3.63, 3.8) is 0 Å². The van der Waals surface area contributed by atoms with Crippen LogP contribution in [0, 0.1) is 6.92 Å². The molecule has 2 heterocycles. The van der Waals surface area contributed by atoms with Crippen molar-refractivity contribution >= 4 is 16.9 Å². The van der Waals surface area contributed by atoms with E-state index in [1.54, 1.807) is 0 Å². The van der Waals surface area contributed by atoms with Crippen LogP contribution in [0.2, 0.25) is 0 Å². The molecule has 0 amide bonds. The van der Waals surface area contributed by atoms with Gasteiger partial charge in [-0.15, -0.1) is 0 Å². The predicted octanol–water partition coefficient (Wildman–Crippen LogP) is 5.72. The Balaban J connectivity index is 1.55. The lowest BCUT2D eigenvalue weighted by Gasteiger charge is -2.09. The van der Waals surface area contributed by atoms with Crippen LogP contribution in [0.1, 0.15) is 51.5 Å². The van der Waals surface area contributed by atoms with Gasteiger partial charge in [-0.1, -0.05) is 35.9 Å². The maximum absolute atomic E-state index is 11.8. The third kappa shape index (κ3) is 3.39. The summed E-state index contributed by atoms with van der Waals surface area (Å²) in [6.45, 7) is 2.09. The molecule has 1 saturated carbocycles. The number of rotatable bonds is 5. The minimum absolute atomic E-state index is 0.325. The third-order valence-corrected chi connectivity index (χ3v) is 6.06. The van der Waals surface area contributed by atoms with Crippen LogP contribution in [-0.2, 0) is 13.5 Å². The molecular weight excluding hydrogens is 372 g/mol. The van der Waals surface area contributed by atoms with Gasteiger partial charge in [-0.2, -0.15) is 0 Å². The van der Waals surface area contributed by atoms with E-state index in [4.69, 9.17) is 0 Å². The molecule has 30 heavy (non-hydrogen) atoms. The van der Waals surface area contributed by atoms with Gasteiger partial charge in [-0.05, 0) is 60.6 Å². The predicted molar refractivity (Wildman–Crippen MR) is 119 cm³/mol. The number of carboxylic acid groups (broad SMARTS) is 1. The van der Waals surface area contributed by atoms with Crippen molar-refractivity contribution in [1.29, 1.82) is 0 Å². The standard InChI is InChI=1S/C26H24N2O2/c1-16-3-6-19(7-4-16)23-15-28(2)25-10-5-17(11-21(23)25)12-24-22(26(29)30)13-20(14-27-24)18-8-9-18/h3-7,10-11,13-15,18H,8-9,12H2,1-2H3,(H,29,30). The second-order valence-electron chi connectivity index (χ2n) is 8.39. The molecule has 150 valence electrons. The van der Waals surface area contributed by atoms with Crippen LogP contribution in [0.5, 0.6) is 0 Å². The van der Waals surface area contributed by atoms with E-state index in [1.807, 2.05) is 12.3 Å². The van der Waals surface area contributed by atoms with Crippen LogP contribution in [0.15, 0.2) is 60.9 Å². The first kappa shape index (κ1) is 18.6.